The van der Waals surface area contributed by atoms with Gasteiger partial charge in [-0.15, -0.1) is 11.6 Å². The fourth-order valence-electron chi connectivity index (χ4n) is 8.03. The molecule has 5 saturated carbocycles. The first kappa shape index (κ1) is 20.8. The Morgan fingerprint density at radius 3 is 2.33 bits per heavy atom. The van der Waals surface area contributed by atoms with Gasteiger partial charge in [0.05, 0.1) is 5.41 Å². The Bertz CT molecular complexity index is 742. The molecule has 1 amide bonds. The molecule has 0 heterocycles. The van der Waals surface area contributed by atoms with E-state index in [-0.39, 0.29) is 10.8 Å². The van der Waals surface area contributed by atoms with Crippen LogP contribution in [0.5, 0.6) is 0 Å². The summed E-state index contributed by atoms with van der Waals surface area (Å²) in [6.07, 6.45) is 12.2. The van der Waals surface area contributed by atoms with Crippen LogP contribution in [0.25, 0.3) is 0 Å². The van der Waals surface area contributed by atoms with E-state index in [1.807, 2.05) is 0 Å². The molecule has 6 rings (SSSR count). The number of nitrogens with two attached hydrogens (primary N) is 1. The normalized spacial score (nSPS) is 42.3. The van der Waals surface area contributed by atoms with E-state index in [4.69, 9.17) is 17.3 Å². The fourth-order valence-corrected chi connectivity index (χ4v) is 8.18. The molecule has 5 fully saturated rings. The molecular weight excluding hydrogens is 392 g/mol. The predicted octanol–water partition coefficient (Wildman–Crippen LogP) is 5.16. The Morgan fingerprint density at radius 1 is 1.03 bits per heavy atom. The summed E-state index contributed by atoms with van der Waals surface area (Å²) in [6.45, 7) is 0. The Labute approximate surface area is 186 Å². The van der Waals surface area contributed by atoms with Crippen molar-refractivity contribution < 1.29 is 4.79 Å². The standard InChI is InChI=1S/C26H37ClN2O/c27-12-4-7-23-18-13-25(20-5-2-1-3-6-20)14-19(23)16-26(15-18,17-25)24(30)29-22-10-8-21(28)9-11-22/h1-3,5-6,18-19,21-23H,4,7-17,28H2,(H,29,30). The minimum Gasteiger partial charge on any atom is -0.353 e. The second-order valence-electron chi connectivity index (χ2n) is 11.0. The summed E-state index contributed by atoms with van der Waals surface area (Å²) in [5.74, 6) is 3.21. The number of benzene rings is 1. The number of nitrogens with one attached hydrogen (secondary N) is 1. The second-order valence-corrected chi connectivity index (χ2v) is 11.4. The van der Waals surface area contributed by atoms with Gasteiger partial charge in [0.15, 0.2) is 0 Å². The van der Waals surface area contributed by atoms with Crippen molar-refractivity contribution in [3.05, 3.63) is 35.9 Å². The van der Waals surface area contributed by atoms with E-state index in [2.05, 4.69) is 35.6 Å². The van der Waals surface area contributed by atoms with Crippen LogP contribution in [-0.4, -0.2) is 23.9 Å². The van der Waals surface area contributed by atoms with Gasteiger partial charge in [0.25, 0.3) is 0 Å². The lowest BCUT2D eigenvalue weighted by Gasteiger charge is -2.64. The summed E-state index contributed by atoms with van der Waals surface area (Å²) >= 11 is 6.06. The monoisotopic (exact) mass is 428 g/mol. The molecule has 0 spiro atoms. The van der Waals surface area contributed by atoms with Crippen LogP contribution in [-0.2, 0) is 10.2 Å². The van der Waals surface area contributed by atoms with Crippen LogP contribution >= 0.6 is 11.6 Å². The minimum atomic E-state index is -0.168. The summed E-state index contributed by atoms with van der Waals surface area (Å²) in [6, 6.07) is 11.7. The highest BCUT2D eigenvalue weighted by Crippen LogP contribution is 2.68. The summed E-state index contributed by atoms with van der Waals surface area (Å²) in [7, 11) is 0. The maximum atomic E-state index is 13.8. The molecule has 3 nitrogen and oxygen atoms in total. The van der Waals surface area contributed by atoms with Gasteiger partial charge in [-0.25, -0.2) is 0 Å². The van der Waals surface area contributed by atoms with Gasteiger partial charge in [0.1, 0.15) is 0 Å². The predicted molar refractivity (Wildman–Crippen MR) is 122 cm³/mol. The van der Waals surface area contributed by atoms with Gasteiger partial charge in [-0.3, -0.25) is 4.79 Å². The van der Waals surface area contributed by atoms with Crippen molar-refractivity contribution in [1.29, 1.82) is 0 Å². The van der Waals surface area contributed by atoms with Crippen molar-refractivity contribution >= 4 is 17.5 Å². The summed E-state index contributed by atoms with van der Waals surface area (Å²) in [5, 5.41) is 3.51. The van der Waals surface area contributed by atoms with E-state index >= 15 is 0 Å². The zero-order chi connectivity index (χ0) is 20.8. The van der Waals surface area contributed by atoms with Gasteiger partial charge in [0.2, 0.25) is 5.91 Å². The van der Waals surface area contributed by atoms with Gasteiger partial charge in [0, 0.05) is 18.0 Å². The van der Waals surface area contributed by atoms with E-state index in [0.717, 1.165) is 63.2 Å². The largest absolute Gasteiger partial charge is 0.353 e. The maximum Gasteiger partial charge on any atom is 0.226 e. The number of rotatable bonds is 6. The first-order chi connectivity index (χ1) is 14.5. The van der Waals surface area contributed by atoms with Crippen molar-refractivity contribution in [3.63, 3.8) is 0 Å². The van der Waals surface area contributed by atoms with Gasteiger partial charge in [-0.1, -0.05) is 30.3 Å². The van der Waals surface area contributed by atoms with Gasteiger partial charge >= 0.3 is 0 Å². The Morgan fingerprint density at radius 2 is 1.70 bits per heavy atom. The number of hydrogen-bond donors (Lipinski definition) is 2. The summed E-state index contributed by atoms with van der Waals surface area (Å²) in [5.41, 5.74) is 7.58. The number of carbonyl (C=O) groups excluding carboxylic acids is 1. The third-order valence-corrected chi connectivity index (χ3v) is 9.41. The first-order valence-corrected chi connectivity index (χ1v) is 12.8. The Balaban J connectivity index is 1.41. The van der Waals surface area contributed by atoms with E-state index in [9.17, 15) is 4.79 Å². The topological polar surface area (TPSA) is 55.1 Å². The van der Waals surface area contributed by atoms with Crippen molar-refractivity contribution in [3.8, 4) is 0 Å². The lowest BCUT2D eigenvalue weighted by Crippen LogP contribution is -2.62. The van der Waals surface area contributed by atoms with Crippen LogP contribution in [0.4, 0.5) is 0 Å². The van der Waals surface area contributed by atoms with Gasteiger partial charge < -0.3 is 11.1 Å². The zero-order valence-electron chi connectivity index (χ0n) is 18.1. The molecule has 5 aliphatic carbocycles. The quantitative estimate of drug-likeness (QED) is 0.615. The fraction of sp³-hybridized carbons (Fsp3) is 0.731. The molecule has 0 aromatic heterocycles. The number of alkyl halides is 1. The van der Waals surface area contributed by atoms with Gasteiger partial charge in [-0.05, 0) is 99.4 Å². The zero-order valence-corrected chi connectivity index (χ0v) is 18.9. The van der Waals surface area contributed by atoms with Crippen LogP contribution in [0.3, 0.4) is 0 Å². The highest BCUT2D eigenvalue weighted by atomic mass is 35.5. The molecule has 3 N–H and O–H groups in total. The average Bonchev–Trinajstić information content (AvgIpc) is 2.75. The van der Waals surface area contributed by atoms with Crippen LogP contribution < -0.4 is 11.1 Å². The second kappa shape index (κ2) is 8.13. The van der Waals surface area contributed by atoms with E-state index in [1.165, 1.54) is 24.8 Å². The molecule has 5 aliphatic rings. The molecule has 0 radical (unpaired) electrons. The molecule has 4 bridgehead atoms. The Kier molecular flexibility index (Phi) is 5.64. The van der Waals surface area contributed by atoms with E-state index < -0.39 is 0 Å². The molecule has 2 unspecified atom stereocenters. The number of halogens is 1. The molecular formula is C26H37ClN2O. The SMILES string of the molecule is NC1CCC(NC(=O)C23CC4CC(c5ccccc5)(CC(C2)C4CCCCl)C3)CC1. The minimum absolute atomic E-state index is 0.168. The van der Waals surface area contributed by atoms with Crippen molar-refractivity contribution in [1.82, 2.24) is 5.32 Å². The highest BCUT2D eigenvalue weighted by molar-refractivity contribution is 6.17. The number of carbonyl (C=O) groups is 1. The number of amides is 1. The van der Waals surface area contributed by atoms with Crippen LogP contribution in [0.15, 0.2) is 30.3 Å². The molecule has 0 aliphatic heterocycles. The van der Waals surface area contributed by atoms with E-state index in [0.29, 0.717) is 29.8 Å². The average molecular weight is 429 g/mol. The van der Waals surface area contributed by atoms with Crippen LogP contribution in [0, 0.1) is 23.2 Å². The van der Waals surface area contributed by atoms with E-state index in [1.54, 1.807) is 0 Å². The Hall–Kier alpha value is -1.06. The molecule has 164 valence electrons. The summed E-state index contributed by atoms with van der Waals surface area (Å²) < 4.78 is 0. The third-order valence-electron chi connectivity index (χ3n) is 9.15. The summed E-state index contributed by atoms with van der Waals surface area (Å²) in [4.78, 5) is 13.8. The van der Waals surface area contributed by atoms with Crippen LogP contribution in [0.1, 0.15) is 76.2 Å². The van der Waals surface area contributed by atoms with Gasteiger partial charge in [-0.2, -0.15) is 0 Å². The number of hydrogen-bond acceptors (Lipinski definition) is 2. The lowest BCUT2D eigenvalue weighted by atomic mass is 9.39. The molecule has 4 heteroatoms. The maximum absolute atomic E-state index is 13.8. The molecule has 2 atom stereocenters. The first-order valence-electron chi connectivity index (χ1n) is 12.2. The van der Waals surface area contributed by atoms with Crippen molar-refractivity contribution in [2.45, 2.75) is 88.1 Å². The lowest BCUT2D eigenvalue weighted by molar-refractivity contribution is -0.159. The van der Waals surface area contributed by atoms with Crippen LogP contribution in [0.2, 0.25) is 0 Å². The molecule has 30 heavy (non-hydrogen) atoms. The highest BCUT2D eigenvalue weighted by Gasteiger charge is 2.63. The van der Waals surface area contributed by atoms with Crippen molar-refractivity contribution in [2.75, 3.05) is 5.88 Å². The molecule has 1 aromatic carbocycles. The smallest absolute Gasteiger partial charge is 0.226 e. The third kappa shape index (κ3) is 3.60. The molecule has 1 aromatic rings. The van der Waals surface area contributed by atoms with Crippen molar-refractivity contribution in [2.24, 2.45) is 28.9 Å². The molecule has 0 saturated heterocycles.